The van der Waals surface area contributed by atoms with Gasteiger partial charge in [0.05, 0.1) is 4.88 Å². The number of nitrogens with zero attached hydrogens (tertiary/aromatic N) is 2. The van der Waals surface area contributed by atoms with E-state index in [-0.39, 0.29) is 16.2 Å². The van der Waals surface area contributed by atoms with Gasteiger partial charge in [0.15, 0.2) is 5.13 Å². The smallest absolute Gasteiger partial charge is 0.257 e. The van der Waals surface area contributed by atoms with Crippen molar-refractivity contribution in [1.82, 2.24) is 9.97 Å². The second-order valence-electron chi connectivity index (χ2n) is 4.35. The SMILES string of the molecule is O=C(Nc1ncc(-c2ccccc2)s1)c1cc(Cl)nc(Cl)c1. The van der Waals surface area contributed by atoms with Crippen LogP contribution in [0.2, 0.25) is 10.3 Å². The predicted molar refractivity (Wildman–Crippen MR) is 89.8 cm³/mol. The summed E-state index contributed by atoms with van der Waals surface area (Å²) >= 11 is 13.0. The van der Waals surface area contributed by atoms with Crippen molar-refractivity contribution in [2.75, 3.05) is 5.32 Å². The standard InChI is InChI=1S/C15H9Cl2N3OS/c16-12-6-10(7-13(17)19-12)14(21)20-15-18-8-11(22-15)9-4-2-1-3-5-9/h1-8H,(H,18,20,21). The van der Waals surface area contributed by atoms with E-state index >= 15 is 0 Å². The molecular weight excluding hydrogens is 341 g/mol. The van der Waals surface area contributed by atoms with Crippen LogP contribution in [-0.4, -0.2) is 15.9 Å². The summed E-state index contributed by atoms with van der Waals surface area (Å²) in [6.07, 6.45) is 1.72. The van der Waals surface area contributed by atoms with Gasteiger partial charge >= 0.3 is 0 Å². The Labute approximate surface area is 140 Å². The minimum atomic E-state index is -0.333. The molecule has 2 heterocycles. The lowest BCUT2D eigenvalue weighted by molar-refractivity contribution is 0.102. The van der Waals surface area contributed by atoms with Crippen molar-refractivity contribution in [3.63, 3.8) is 0 Å². The lowest BCUT2D eigenvalue weighted by atomic mass is 10.2. The molecule has 4 nitrogen and oxygen atoms in total. The van der Waals surface area contributed by atoms with Crippen LogP contribution in [0.1, 0.15) is 10.4 Å². The van der Waals surface area contributed by atoms with Gasteiger partial charge in [-0.3, -0.25) is 10.1 Å². The third-order valence-corrected chi connectivity index (χ3v) is 4.16. The van der Waals surface area contributed by atoms with Crippen LogP contribution in [0.3, 0.4) is 0 Å². The van der Waals surface area contributed by atoms with Gasteiger partial charge < -0.3 is 0 Å². The maximum atomic E-state index is 12.2. The number of benzene rings is 1. The molecule has 2 aromatic heterocycles. The lowest BCUT2D eigenvalue weighted by Gasteiger charge is -2.02. The van der Waals surface area contributed by atoms with Crippen molar-refractivity contribution >= 4 is 45.6 Å². The van der Waals surface area contributed by atoms with Crippen LogP contribution in [0.5, 0.6) is 0 Å². The van der Waals surface area contributed by atoms with E-state index in [9.17, 15) is 4.79 Å². The molecule has 1 amide bonds. The summed E-state index contributed by atoms with van der Waals surface area (Å²) in [5.41, 5.74) is 1.39. The molecule has 0 saturated heterocycles. The number of aromatic nitrogens is 2. The van der Waals surface area contributed by atoms with E-state index in [0.29, 0.717) is 10.7 Å². The van der Waals surface area contributed by atoms with Crippen molar-refractivity contribution in [2.24, 2.45) is 0 Å². The largest absolute Gasteiger partial charge is 0.298 e. The molecular formula is C15H9Cl2N3OS. The van der Waals surface area contributed by atoms with Crippen LogP contribution in [0, 0.1) is 0 Å². The van der Waals surface area contributed by atoms with Crippen molar-refractivity contribution in [2.45, 2.75) is 0 Å². The van der Waals surface area contributed by atoms with E-state index in [1.54, 1.807) is 6.20 Å². The quantitative estimate of drug-likeness (QED) is 0.693. The van der Waals surface area contributed by atoms with Crippen molar-refractivity contribution in [3.05, 3.63) is 64.5 Å². The number of rotatable bonds is 3. The topological polar surface area (TPSA) is 54.9 Å². The van der Waals surface area contributed by atoms with Crippen molar-refractivity contribution < 1.29 is 4.79 Å². The zero-order valence-corrected chi connectivity index (χ0v) is 13.4. The van der Waals surface area contributed by atoms with E-state index in [1.807, 2.05) is 30.3 Å². The molecule has 110 valence electrons. The summed E-state index contributed by atoms with van der Waals surface area (Å²) in [6, 6.07) is 12.7. The first-order chi connectivity index (χ1) is 10.6. The van der Waals surface area contributed by atoms with Gasteiger partial charge in [0.1, 0.15) is 10.3 Å². The molecule has 3 rings (SSSR count). The third kappa shape index (κ3) is 3.44. The average Bonchev–Trinajstić information content (AvgIpc) is 2.95. The Morgan fingerprint density at radius 1 is 1.09 bits per heavy atom. The maximum absolute atomic E-state index is 12.2. The van der Waals surface area contributed by atoms with Crippen LogP contribution in [0.4, 0.5) is 5.13 Å². The molecule has 0 radical (unpaired) electrons. The first-order valence-corrected chi connectivity index (χ1v) is 7.85. The van der Waals surface area contributed by atoms with Gasteiger partial charge in [-0.25, -0.2) is 9.97 Å². The number of nitrogens with one attached hydrogen (secondary N) is 1. The van der Waals surface area contributed by atoms with E-state index in [4.69, 9.17) is 23.2 Å². The first kappa shape index (κ1) is 15.0. The Bertz CT molecular complexity index is 800. The minimum absolute atomic E-state index is 0.168. The molecule has 7 heteroatoms. The van der Waals surface area contributed by atoms with Gasteiger partial charge in [0.25, 0.3) is 5.91 Å². The molecule has 0 atom stereocenters. The summed E-state index contributed by atoms with van der Waals surface area (Å²) in [4.78, 5) is 21.2. The second kappa shape index (κ2) is 6.44. The Balaban J connectivity index is 1.79. The molecule has 0 aliphatic heterocycles. The number of thiazole rings is 1. The zero-order chi connectivity index (χ0) is 15.5. The third-order valence-electron chi connectivity index (χ3n) is 2.81. The number of hydrogen-bond acceptors (Lipinski definition) is 4. The molecule has 0 aliphatic rings. The first-order valence-electron chi connectivity index (χ1n) is 6.27. The molecule has 0 spiro atoms. The number of hydrogen-bond donors (Lipinski definition) is 1. The number of pyridine rings is 1. The van der Waals surface area contributed by atoms with Gasteiger partial charge in [-0.05, 0) is 17.7 Å². The molecule has 1 N–H and O–H groups in total. The molecule has 3 aromatic rings. The Morgan fingerprint density at radius 3 is 2.45 bits per heavy atom. The molecule has 0 unspecified atom stereocenters. The van der Waals surface area contributed by atoms with Crippen LogP contribution >= 0.6 is 34.5 Å². The highest BCUT2D eigenvalue weighted by Crippen LogP contribution is 2.29. The van der Waals surface area contributed by atoms with Crippen molar-refractivity contribution in [3.8, 4) is 10.4 Å². The molecule has 1 aromatic carbocycles. The Kier molecular flexibility index (Phi) is 4.38. The highest BCUT2D eigenvalue weighted by Gasteiger charge is 2.12. The van der Waals surface area contributed by atoms with E-state index in [1.165, 1.54) is 23.5 Å². The molecule has 0 aliphatic carbocycles. The van der Waals surface area contributed by atoms with E-state index < -0.39 is 0 Å². The zero-order valence-electron chi connectivity index (χ0n) is 11.1. The van der Waals surface area contributed by atoms with Gasteiger partial charge in [-0.15, -0.1) is 0 Å². The van der Waals surface area contributed by atoms with Crippen LogP contribution < -0.4 is 5.32 Å². The molecule has 0 saturated carbocycles. The van der Waals surface area contributed by atoms with Crippen LogP contribution in [0.25, 0.3) is 10.4 Å². The number of halogens is 2. The second-order valence-corrected chi connectivity index (χ2v) is 6.16. The van der Waals surface area contributed by atoms with Gasteiger partial charge in [-0.2, -0.15) is 0 Å². The monoisotopic (exact) mass is 349 g/mol. The fourth-order valence-corrected chi connectivity index (χ4v) is 3.11. The number of carbonyl (C=O) groups is 1. The fourth-order valence-electron chi connectivity index (χ4n) is 1.83. The fraction of sp³-hybridized carbons (Fsp3) is 0. The average molecular weight is 350 g/mol. The summed E-state index contributed by atoms with van der Waals surface area (Å²) < 4.78 is 0. The summed E-state index contributed by atoms with van der Waals surface area (Å²) in [5, 5.41) is 3.57. The van der Waals surface area contributed by atoms with Crippen LogP contribution in [-0.2, 0) is 0 Å². The maximum Gasteiger partial charge on any atom is 0.257 e. The molecule has 22 heavy (non-hydrogen) atoms. The van der Waals surface area contributed by atoms with Gasteiger partial charge in [-0.1, -0.05) is 64.9 Å². The normalized spacial score (nSPS) is 10.5. The highest BCUT2D eigenvalue weighted by atomic mass is 35.5. The van der Waals surface area contributed by atoms with E-state index in [0.717, 1.165) is 10.4 Å². The Morgan fingerprint density at radius 2 is 1.77 bits per heavy atom. The van der Waals surface area contributed by atoms with E-state index in [2.05, 4.69) is 15.3 Å². The number of anilines is 1. The summed E-state index contributed by atoms with van der Waals surface area (Å²) in [5.74, 6) is -0.333. The summed E-state index contributed by atoms with van der Waals surface area (Å²) in [7, 11) is 0. The molecule has 0 fully saturated rings. The number of amides is 1. The number of carbonyl (C=O) groups excluding carboxylic acids is 1. The Hall–Kier alpha value is -1.95. The van der Waals surface area contributed by atoms with Gasteiger partial charge in [0, 0.05) is 11.8 Å². The molecule has 0 bridgehead atoms. The van der Waals surface area contributed by atoms with Gasteiger partial charge in [0.2, 0.25) is 0 Å². The van der Waals surface area contributed by atoms with Crippen LogP contribution in [0.15, 0.2) is 48.7 Å². The lowest BCUT2D eigenvalue weighted by Crippen LogP contribution is -2.11. The highest BCUT2D eigenvalue weighted by molar-refractivity contribution is 7.19. The van der Waals surface area contributed by atoms with Crippen molar-refractivity contribution in [1.29, 1.82) is 0 Å². The minimum Gasteiger partial charge on any atom is -0.298 e. The summed E-state index contributed by atoms with van der Waals surface area (Å²) in [6.45, 7) is 0. The predicted octanol–water partition coefficient (Wildman–Crippen LogP) is 4.76.